The highest BCUT2D eigenvalue weighted by molar-refractivity contribution is 5.64. The normalized spacial score (nSPS) is 15.4. The topological polar surface area (TPSA) is 90.4 Å². The second-order valence-corrected chi connectivity index (χ2v) is 7.61. The zero-order valence-corrected chi connectivity index (χ0v) is 17.4. The minimum Gasteiger partial charge on any atom is -0.342 e. The van der Waals surface area contributed by atoms with Gasteiger partial charge in [-0.3, -0.25) is 4.57 Å². The van der Waals surface area contributed by atoms with Crippen LogP contribution in [0.1, 0.15) is 44.9 Å². The van der Waals surface area contributed by atoms with Crippen molar-refractivity contribution in [3.63, 3.8) is 0 Å². The third-order valence-electron chi connectivity index (χ3n) is 5.42. The molecule has 9 nitrogen and oxygen atoms in total. The van der Waals surface area contributed by atoms with E-state index in [0.29, 0.717) is 11.8 Å². The molecule has 0 saturated heterocycles. The van der Waals surface area contributed by atoms with Crippen LogP contribution in [0.5, 0.6) is 0 Å². The van der Waals surface area contributed by atoms with Crippen molar-refractivity contribution in [3.8, 4) is 23.0 Å². The van der Waals surface area contributed by atoms with Crippen molar-refractivity contribution in [1.82, 2.24) is 39.5 Å². The smallest absolute Gasteiger partial charge is 0.254 e. The van der Waals surface area contributed by atoms with E-state index in [0.717, 1.165) is 35.1 Å². The number of rotatable bonds is 4. The summed E-state index contributed by atoms with van der Waals surface area (Å²) in [6.07, 6.45) is 4.26. The van der Waals surface area contributed by atoms with Gasteiger partial charge in [0.05, 0.1) is 12.2 Å². The maximum Gasteiger partial charge on any atom is 0.254 e. The fourth-order valence-electron chi connectivity index (χ4n) is 4.13. The van der Waals surface area contributed by atoms with Gasteiger partial charge in [0, 0.05) is 11.6 Å². The SMILES string of the molecule is CCC1c2nnc(C)n2-c2cnc(-n3ncnc3-c3ccccc3)nc2N1C(C)C. The fraction of sp³-hybridized carbons (Fsp3) is 0.333. The van der Waals surface area contributed by atoms with Gasteiger partial charge in [-0.15, -0.1) is 10.2 Å². The molecule has 0 fully saturated rings. The molecule has 1 aliphatic rings. The van der Waals surface area contributed by atoms with Gasteiger partial charge in [0.25, 0.3) is 5.95 Å². The Hall–Kier alpha value is -3.62. The molecule has 1 unspecified atom stereocenters. The standard InChI is InChI=1S/C21H23N9/c1-5-16-20-27-26-14(4)29(20)17-11-22-21(25-19(17)28(16)13(2)3)30-18(23-12-24-30)15-9-7-6-8-10-15/h6-13,16H,5H2,1-4H3. The van der Waals surface area contributed by atoms with Crippen molar-refractivity contribution in [2.75, 3.05) is 4.90 Å². The lowest BCUT2D eigenvalue weighted by Gasteiger charge is -2.39. The van der Waals surface area contributed by atoms with Gasteiger partial charge in [0.1, 0.15) is 17.8 Å². The van der Waals surface area contributed by atoms with Crippen molar-refractivity contribution < 1.29 is 0 Å². The maximum absolute atomic E-state index is 4.96. The van der Waals surface area contributed by atoms with E-state index < -0.39 is 0 Å². The average molecular weight is 401 g/mol. The summed E-state index contributed by atoms with van der Waals surface area (Å²) < 4.78 is 3.75. The second kappa shape index (κ2) is 7.01. The molecule has 1 aliphatic heterocycles. The van der Waals surface area contributed by atoms with E-state index in [9.17, 15) is 0 Å². The Morgan fingerprint density at radius 3 is 2.60 bits per heavy atom. The maximum atomic E-state index is 4.96. The van der Waals surface area contributed by atoms with E-state index >= 15 is 0 Å². The molecule has 0 saturated carbocycles. The quantitative estimate of drug-likeness (QED) is 0.518. The van der Waals surface area contributed by atoms with E-state index in [1.807, 2.05) is 43.5 Å². The molecule has 3 aromatic heterocycles. The molecular formula is C21H23N9. The minimum absolute atomic E-state index is 0.0887. The molecule has 9 heteroatoms. The van der Waals surface area contributed by atoms with Gasteiger partial charge >= 0.3 is 0 Å². The van der Waals surface area contributed by atoms with Gasteiger partial charge in [0.2, 0.25) is 0 Å². The molecule has 1 aromatic carbocycles. The van der Waals surface area contributed by atoms with Crippen LogP contribution in [0.15, 0.2) is 42.9 Å². The van der Waals surface area contributed by atoms with Crippen LogP contribution in [0.3, 0.4) is 0 Å². The van der Waals surface area contributed by atoms with Crippen molar-refractivity contribution in [2.45, 2.75) is 46.2 Å². The Morgan fingerprint density at radius 1 is 1.07 bits per heavy atom. The van der Waals surface area contributed by atoms with Crippen LogP contribution in [0.4, 0.5) is 5.82 Å². The number of nitrogens with zero attached hydrogens (tertiary/aromatic N) is 9. The Kier molecular flexibility index (Phi) is 4.30. The van der Waals surface area contributed by atoms with Crippen molar-refractivity contribution in [2.24, 2.45) is 0 Å². The summed E-state index contributed by atoms with van der Waals surface area (Å²) in [6, 6.07) is 10.2. The summed E-state index contributed by atoms with van der Waals surface area (Å²) in [5.41, 5.74) is 1.84. The van der Waals surface area contributed by atoms with Gasteiger partial charge in [-0.25, -0.2) is 9.97 Å². The van der Waals surface area contributed by atoms with E-state index in [-0.39, 0.29) is 12.1 Å². The number of benzene rings is 1. The monoisotopic (exact) mass is 401 g/mol. The molecule has 1 atom stereocenters. The molecule has 0 N–H and O–H groups in total. The third kappa shape index (κ3) is 2.69. The largest absolute Gasteiger partial charge is 0.342 e. The average Bonchev–Trinajstić information content (AvgIpc) is 3.40. The van der Waals surface area contributed by atoms with Crippen molar-refractivity contribution >= 4 is 5.82 Å². The number of aromatic nitrogens is 8. The van der Waals surface area contributed by atoms with Crippen LogP contribution in [-0.4, -0.2) is 45.5 Å². The first-order valence-corrected chi connectivity index (χ1v) is 10.1. The molecule has 30 heavy (non-hydrogen) atoms. The molecular weight excluding hydrogens is 378 g/mol. The van der Waals surface area contributed by atoms with E-state index in [4.69, 9.17) is 4.98 Å². The predicted molar refractivity (Wildman–Crippen MR) is 113 cm³/mol. The predicted octanol–water partition coefficient (Wildman–Crippen LogP) is 3.29. The van der Waals surface area contributed by atoms with Crippen LogP contribution >= 0.6 is 0 Å². The van der Waals surface area contributed by atoms with Gasteiger partial charge < -0.3 is 4.90 Å². The number of fused-ring (bicyclic) bond motifs is 3. The lowest BCUT2D eigenvalue weighted by atomic mass is 10.1. The molecule has 5 rings (SSSR count). The number of anilines is 1. The van der Waals surface area contributed by atoms with Crippen LogP contribution in [0.25, 0.3) is 23.0 Å². The first-order chi connectivity index (χ1) is 14.6. The van der Waals surface area contributed by atoms with Crippen LogP contribution in [0, 0.1) is 6.92 Å². The lowest BCUT2D eigenvalue weighted by molar-refractivity contribution is 0.495. The summed E-state index contributed by atoms with van der Waals surface area (Å²) in [4.78, 5) is 16.3. The molecule has 152 valence electrons. The van der Waals surface area contributed by atoms with Crippen LogP contribution < -0.4 is 4.90 Å². The van der Waals surface area contributed by atoms with Gasteiger partial charge in [-0.2, -0.15) is 14.8 Å². The zero-order valence-electron chi connectivity index (χ0n) is 17.4. The van der Waals surface area contributed by atoms with Crippen molar-refractivity contribution in [3.05, 3.63) is 54.5 Å². The number of aryl methyl sites for hydroxylation is 1. The molecule has 4 aromatic rings. The number of hydrogen-bond donors (Lipinski definition) is 0. The summed E-state index contributed by atoms with van der Waals surface area (Å²) >= 11 is 0. The van der Waals surface area contributed by atoms with Crippen LogP contribution in [0.2, 0.25) is 0 Å². The zero-order chi connectivity index (χ0) is 20.8. The Bertz CT molecular complexity index is 1190. The van der Waals surface area contributed by atoms with Gasteiger partial charge in [-0.1, -0.05) is 37.3 Å². The van der Waals surface area contributed by atoms with Gasteiger partial charge in [0.15, 0.2) is 17.5 Å². The lowest BCUT2D eigenvalue weighted by Crippen LogP contribution is -2.40. The molecule has 0 bridgehead atoms. The number of hydrogen-bond acceptors (Lipinski definition) is 7. The first-order valence-electron chi connectivity index (χ1n) is 10.1. The Morgan fingerprint density at radius 2 is 1.87 bits per heavy atom. The summed E-state index contributed by atoms with van der Waals surface area (Å²) in [6.45, 7) is 8.44. The molecule has 0 aliphatic carbocycles. The molecule has 4 heterocycles. The molecule has 0 spiro atoms. The highest BCUT2D eigenvalue weighted by atomic mass is 15.4. The van der Waals surface area contributed by atoms with Gasteiger partial charge in [-0.05, 0) is 27.2 Å². The minimum atomic E-state index is 0.0887. The van der Waals surface area contributed by atoms with E-state index in [1.165, 1.54) is 6.33 Å². The van der Waals surface area contributed by atoms with Crippen LogP contribution in [-0.2, 0) is 0 Å². The van der Waals surface area contributed by atoms with Crippen molar-refractivity contribution in [1.29, 1.82) is 0 Å². The second-order valence-electron chi connectivity index (χ2n) is 7.61. The molecule has 0 radical (unpaired) electrons. The molecule has 0 amide bonds. The Balaban J connectivity index is 1.70. The summed E-state index contributed by atoms with van der Waals surface area (Å²) in [7, 11) is 0. The summed E-state index contributed by atoms with van der Waals surface area (Å²) in [5.74, 6) is 3.80. The Labute approximate surface area is 174 Å². The highest BCUT2D eigenvalue weighted by Crippen LogP contribution is 2.40. The highest BCUT2D eigenvalue weighted by Gasteiger charge is 2.36. The summed E-state index contributed by atoms with van der Waals surface area (Å²) in [5, 5.41) is 13.2. The first kappa shape index (κ1) is 18.4. The fourth-order valence-corrected chi connectivity index (χ4v) is 4.13. The van der Waals surface area contributed by atoms with E-state index in [2.05, 4.69) is 55.5 Å². The van der Waals surface area contributed by atoms with E-state index in [1.54, 1.807) is 4.68 Å². The third-order valence-corrected chi connectivity index (χ3v) is 5.42.